The zero-order valence-corrected chi connectivity index (χ0v) is 17.0. The number of amides is 2. The molecule has 0 spiro atoms. The summed E-state index contributed by atoms with van der Waals surface area (Å²) < 4.78 is 10.3. The van der Waals surface area contributed by atoms with E-state index in [0.717, 1.165) is 37.7 Å². The second kappa shape index (κ2) is 8.77. The Balaban J connectivity index is 1.27. The first kappa shape index (κ1) is 20.3. The maximum absolute atomic E-state index is 12.4. The fourth-order valence-corrected chi connectivity index (χ4v) is 4.19. The fourth-order valence-electron chi connectivity index (χ4n) is 4.19. The largest absolute Gasteiger partial charge is 0.456 e. The second-order valence-electron chi connectivity index (χ2n) is 7.80. The molecule has 158 valence electrons. The Labute approximate surface area is 174 Å². The molecule has 1 aliphatic carbocycles. The minimum absolute atomic E-state index is 0.0452. The van der Waals surface area contributed by atoms with Crippen LogP contribution in [0.15, 0.2) is 28.8 Å². The van der Waals surface area contributed by atoms with Crippen molar-refractivity contribution in [3.05, 3.63) is 35.7 Å². The van der Waals surface area contributed by atoms with Crippen molar-refractivity contribution in [2.24, 2.45) is 11.8 Å². The van der Waals surface area contributed by atoms with Crippen LogP contribution in [0.25, 0.3) is 11.4 Å². The summed E-state index contributed by atoms with van der Waals surface area (Å²) in [6.45, 7) is 1.99. The summed E-state index contributed by atoms with van der Waals surface area (Å²) in [5.41, 5.74) is 2.03. The monoisotopic (exact) mass is 411 g/mol. The molecule has 1 aromatic carbocycles. The molecule has 8 nitrogen and oxygen atoms in total. The lowest BCUT2D eigenvalue weighted by atomic mass is 9.81. The van der Waals surface area contributed by atoms with Gasteiger partial charge in [-0.25, -0.2) is 0 Å². The van der Waals surface area contributed by atoms with Crippen LogP contribution >= 0.6 is 0 Å². The van der Waals surface area contributed by atoms with Gasteiger partial charge in [-0.15, -0.1) is 0 Å². The Hall–Kier alpha value is -3.03. The molecule has 1 aromatic heterocycles. The topological polar surface area (TPSA) is 103 Å². The van der Waals surface area contributed by atoms with E-state index in [1.54, 1.807) is 0 Å². The summed E-state index contributed by atoms with van der Waals surface area (Å²) in [5.74, 6) is -0.591. The molecule has 30 heavy (non-hydrogen) atoms. The van der Waals surface area contributed by atoms with Gasteiger partial charge in [0.1, 0.15) is 0 Å². The number of fused-ring (bicyclic) bond motifs is 1. The average Bonchev–Trinajstić information content (AvgIpc) is 3.35. The first-order chi connectivity index (χ1) is 14.6. The van der Waals surface area contributed by atoms with Crippen LogP contribution in [-0.2, 0) is 32.1 Å². The molecule has 0 radical (unpaired) electrons. The summed E-state index contributed by atoms with van der Waals surface area (Å²) in [4.78, 5) is 42.4. The minimum atomic E-state index is -0.516. The molecule has 2 aliphatic rings. The number of aromatic nitrogens is 2. The first-order valence-electron chi connectivity index (χ1n) is 10.5. The summed E-state index contributed by atoms with van der Waals surface area (Å²) in [6, 6.07) is 7.84. The van der Waals surface area contributed by atoms with Crippen molar-refractivity contribution >= 4 is 17.8 Å². The summed E-state index contributed by atoms with van der Waals surface area (Å²) in [5, 5.41) is 3.92. The van der Waals surface area contributed by atoms with E-state index < -0.39 is 5.97 Å². The third-order valence-electron chi connectivity index (χ3n) is 5.92. The van der Waals surface area contributed by atoms with Crippen LogP contribution in [0.1, 0.15) is 50.5 Å². The molecule has 2 aromatic rings. The minimum Gasteiger partial charge on any atom is -0.456 e. The van der Waals surface area contributed by atoms with Gasteiger partial charge in [0.05, 0.1) is 18.3 Å². The highest BCUT2D eigenvalue weighted by molar-refractivity contribution is 6.05. The molecule has 0 bridgehead atoms. The standard InChI is InChI=1S/C22H25N3O5/c1-2-14-7-9-15(10-8-14)20-23-18(30-24-20)13-29-19(26)11-12-25-21(27)16-5-3-4-6-17(16)22(25)28/h7-10,16-17H,2-6,11-13H2,1H3/t16-,17-/m1/s1. The number of rotatable bonds is 7. The Morgan fingerprint density at radius 1 is 1.13 bits per heavy atom. The van der Waals surface area contributed by atoms with Crippen molar-refractivity contribution in [1.82, 2.24) is 15.0 Å². The average molecular weight is 411 g/mol. The molecule has 0 unspecified atom stereocenters. The lowest BCUT2D eigenvalue weighted by molar-refractivity contribution is -0.147. The number of hydrogen-bond donors (Lipinski definition) is 0. The van der Waals surface area contributed by atoms with Gasteiger partial charge in [-0.2, -0.15) is 4.98 Å². The quantitative estimate of drug-likeness (QED) is 0.510. The predicted octanol–water partition coefficient (Wildman–Crippen LogP) is 2.91. The van der Waals surface area contributed by atoms with Gasteiger partial charge in [0.2, 0.25) is 17.6 Å². The zero-order valence-electron chi connectivity index (χ0n) is 17.0. The maximum atomic E-state index is 12.4. The van der Waals surface area contributed by atoms with E-state index in [4.69, 9.17) is 9.26 Å². The molecular formula is C22H25N3O5. The van der Waals surface area contributed by atoms with Gasteiger partial charge in [0, 0.05) is 12.1 Å². The molecule has 4 rings (SSSR count). The number of likely N-dealkylation sites (tertiary alicyclic amines) is 1. The maximum Gasteiger partial charge on any atom is 0.308 e. The lowest BCUT2D eigenvalue weighted by Gasteiger charge is -2.19. The number of imide groups is 1. The van der Waals surface area contributed by atoms with Crippen LogP contribution in [0.3, 0.4) is 0 Å². The van der Waals surface area contributed by atoms with Crippen molar-refractivity contribution in [2.75, 3.05) is 6.54 Å². The summed E-state index contributed by atoms with van der Waals surface area (Å²) in [7, 11) is 0. The van der Waals surface area contributed by atoms with Crippen LogP contribution in [0.5, 0.6) is 0 Å². The van der Waals surface area contributed by atoms with E-state index in [9.17, 15) is 14.4 Å². The number of nitrogens with zero attached hydrogens (tertiary/aromatic N) is 3. The van der Waals surface area contributed by atoms with Crippen molar-refractivity contribution < 1.29 is 23.6 Å². The fraction of sp³-hybridized carbons (Fsp3) is 0.500. The Morgan fingerprint density at radius 2 is 1.80 bits per heavy atom. The van der Waals surface area contributed by atoms with E-state index in [-0.39, 0.29) is 49.1 Å². The lowest BCUT2D eigenvalue weighted by Crippen LogP contribution is -2.33. The summed E-state index contributed by atoms with van der Waals surface area (Å²) in [6.07, 6.45) is 4.38. The van der Waals surface area contributed by atoms with Crippen molar-refractivity contribution in [1.29, 1.82) is 0 Å². The van der Waals surface area contributed by atoms with Crippen LogP contribution in [-0.4, -0.2) is 39.4 Å². The van der Waals surface area contributed by atoms with E-state index in [1.165, 1.54) is 10.5 Å². The molecule has 1 aliphatic heterocycles. The van der Waals surface area contributed by atoms with Crippen LogP contribution in [0, 0.1) is 11.8 Å². The molecule has 2 amide bonds. The van der Waals surface area contributed by atoms with Gasteiger partial charge < -0.3 is 9.26 Å². The van der Waals surface area contributed by atoms with Crippen molar-refractivity contribution in [2.45, 2.75) is 52.1 Å². The van der Waals surface area contributed by atoms with Crippen LogP contribution in [0.2, 0.25) is 0 Å². The van der Waals surface area contributed by atoms with Crippen molar-refractivity contribution in [3.8, 4) is 11.4 Å². The number of carbonyl (C=O) groups excluding carboxylic acids is 3. The van der Waals surface area contributed by atoms with Gasteiger partial charge in [-0.3, -0.25) is 19.3 Å². The number of hydrogen-bond acceptors (Lipinski definition) is 7. The Morgan fingerprint density at radius 3 is 2.43 bits per heavy atom. The van der Waals surface area contributed by atoms with E-state index in [1.807, 2.05) is 24.3 Å². The first-order valence-corrected chi connectivity index (χ1v) is 10.5. The number of ether oxygens (including phenoxy) is 1. The number of esters is 1. The second-order valence-corrected chi connectivity index (χ2v) is 7.80. The molecule has 1 saturated heterocycles. The third-order valence-corrected chi connectivity index (χ3v) is 5.92. The molecule has 1 saturated carbocycles. The molecule has 0 N–H and O–H groups in total. The smallest absolute Gasteiger partial charge is 0.308 e. The SMILES string of the molecule is CCc1ccc(-c2noc(COC(=O)CCN3C(=O)[C@@H]4CCCC[C@H]4C3=O)n2)cc1. The molecule has 2 atom stereocenters. The van der Waals surface area contributed by atoms with Crippen molar-refractivity contribution in [3.63, 3.8) is 0 Å². The Kier molecular flexibility index (Phi) is 5.92. The third kappa shape index (κ3) is 4.13. The molecular weight excluding hydrogens is 386 g/mol. The van der Waals surface area contributed by atoms with E-state index in [0.29, 0.717) is 5.82 Å². The zero-order chi connectivity index (χ0) is 21.1. The van der Waals surface area contributed by atoms with E-state index >= 15 is 0 Å². The highest BCUT2D eigenvalue weighted by atomic mass is 16.6. The Bertz CT molecular complexity index is 913. The predicted molar refractivity (Wildman–Crippen MR) is 106 cm³/mol. The number of aryl methyl sites for hydroxylation is 1. The highest BCUT2D eigenvalue weighted by Gasteiger charge is 2.47. The number of benzene rings is 1. The molecule has 8 heteroatoms. The highest BCUT2D eigenvalue weighted by Crippen LogP contribution is 2.38. The number of carbonyl (C=O) groups is 3. The summed E-state index contributed by atoms with van der Waals surface area (Å²) >= 11 is 0. The van der Waals surface area contributed by atoms with Gasteiger partial charge in [-0.1, -0.05) is 49.2 Å². The van der Waals surface area contributed by atoms with Gasteiger partial charge in [-0.05, 0) is 24.8 Å². The molecule has 2 heterocycles. The van der Waals surface area contributed by atoms with E-state index in [2.05, 4.69) is 17.1 Å². The van der Waals surface area contributed by atoms with Gasteiger partial charge in [0.25, 0.3) is 5.89 Å². The van der Waals surface area contributed by atoms with Crippen LogP contribution in [0.4, 0.5) is 0 Å². The van der Waals surface area contributed by atoms with Crippen LogP contribution < -0.4 is 0 Å². The normalized spacial score (nSPS) is 21.0. The molecule has 2 fully saturated rings. The van der Waals surface area contributed by atoms with Gasteiger partial charge >= 0.3 is 5.97 Å². The van der Waals surface area contributed by atoms with Gasteiger partial charge in [0.15, 0.2) is 6.61 Å².